The molecule has 1 N–H and O–H groups in total. The summed E-state index contributed by atoms with van der Waals surface area (Å²) < 4.78 is 5.44. The molecular weight excluding hydrogens is 359 g/mol. The third-order valence-electron chi connectivity index (χ3n) is 4.01. The van der Waals surface area contributed by atoms with Gasteiger partial charge >= 0.3 is 0 Å². The summed E-state index contributed by atoms with van der Waals surface area (Å²) in [6.45, 7) is 0.453. The van der Waals surface area contributed by atoms with Gasteiger partial charge in [0.15, 0.2) is 0 Å². The van der Waals surface area contributed by atoms with E-state index in [1.54, 1.807) is 25.3 Å². The number of rotatable bonds is 7. The van der Waals surface area contributed by atoms with Gasteiger partial charge in [-0.25, -0.2) is 0 Å². The molecule has 0 saturated heterocycles. The quantitative estimate of drug-likeness (QED) is 0.789. The van der Waals surface area contributed by atoms with Crippen LogP contribution in [0.2, 0.25) is 10.0 Å². The predicted octanol–water partition coefficient (Wildman–Crippen LogP) is 3.96. The van der Waals surface area contributed by atoms with E-state index in [4.69, 9.17) is 27.9 Å². The minimum Gasteiger partial charge on any atom is -0.496 e. The van der Waals surface area contributed by atoms with Crippen LogP contribution < -0.4 is 10.1 Å². The van der Waals surface area contributed by atoms with E-state index < -0.39 is 0 Å². The zero-order valence-electron chi connectivity index (χ0n) is 14.6. The third kappa shape index (κ3) is 5.11. The maximum Gasteiger partial charge on any atom is 0.224 e. The fourth-order valence-corrected chi connectivity index (χ4v) is 3.18. The van der Waals surface area contributed by atoms with Gasteiger partial charge in [0, 0.05) is 22.2 Å². The van der Waals surface area contributed by atoms with Gasteiger partial charge in [0.2, 0.25) is 5.91 Å². The van der Waals surface area contributed by atoms with Crippen LogP contribution in [0.15, 0.2) is 42.5 Å². The van der Waals surface area contributed by atoms with Crippen molar-refractivity contribution >= 4 is 29.1 Å². The van der Waals surface area contributed by atoms with Crippen molar-refractivity contribution < 1.29 is 9.53 Å². The minimum absolute atomic E-state index is 0.0122. The van der Waals surface area contributed by atoms with Crippen LogP contribution >= 0.6 is 23.2 Å². The number of nitrogens with one attached hydrogen (secondary N) is 1. The van der Waals surface area contributed by atoms with Crippen LogP contribution in [0.3, 0.4) is 0 Å². The molecule has 0 radical (unpaired) electrons. The number of methoxy groups -OCH3 is 1. The standard InChI is InChI=1S/C19H22Cl2N2O2/c1-23(2)17(13-7-4-5-10-18(13)25-3)12-22-19(24)11-14-15(20)8-6-9-16(14)21/h4-10,17H,11-12H2,1-3H3,(H,22,24)/t17-/m0/s1. The highest BCUT2D eigenvalue weighted by Crippen LogP contribution is 2.28. The molecule has 1 atom stereocenters. The lowest BCUT2D eigenvalue weighted by Gasteiger charge is -2.26. The predicted molar refractivity (Wildman–Crippen MR) is 103 cm³/mol. The maximum atomic E-state index is 12.4. The first kappa shape index (κ1) is 19.6. The Morgan fingerprint density at radius 2 is 1.76 bits per heavy atom. The highest BCUT2D eigenvalue weighted by Gasteiger charge is 2.19. The number of ether oxygens (including phenoxy) is 1. The van der Waals surface area contributed by atoms with Crippen LogP contribution in [0.5, 0.6) is 5.75 Å². The zero-order valence-corrected chi connectivity index (χ0v) is 16.1. The monoisotopic (exact) mass is 380 g/mol. The maximum absolute atomic E-state index is 12.4. The molecule has 0 unspecified atom stereocenters. The number of amides is 1. The molecule has 0 bridgehead atoms. The van der Waals surface area contributed by atoms with Crippen LogP contribution in [-0.4, -0.2) is 38.6 Å². The van der Waals surface area contributed by atoms with E-state index in [2.05, 4.69) is 5.32 Å². The molecule has 0 aliphatic heterocycles. The Hall–Kier alpha value is -1.75. The van der Waals surface area contributed by atoms with Crippen molar-refractivity contribution in [3.05, 3.63) is 63.6 Å². The molecule has 0 heterocycles. The SMILES string of the molecule is COc1ccccc1[C@H](CNC(=O)Cc1c(Cl)cccc1Cl)N(C)C. The number of para-hydroxylation sites is 1. The van der Waals surface area contributed by atoms with Gasteiger partial charge in [0.1, 0.15) is 5.75 Å². The van der Waals surface area contributed by atoms with Gasteiger partial charge in [-0.15, -0.1) is 0 Å². The molecule has 4 nitrogen and oxygen atoms in total. The molecule has 2 aromatic rings. The van der Waals surface area contributed by atoms with Gasteiger partial charge in [-0.1, -0.05) is 47.5 Å². The summed E-state index contributed by atoms with van der Waals surface area (Å²) >= 11 is 12.3. The Morgan fingerprint density at radius 1 is 1.12 bits per heavy atom. The molecule has 0 spiro atoms. The molecule has 0 aliphatic carbocycles. The van der Waals surface area contributed by atoms with Crippen LogP contribution in [0.4, 0.5) is 0 Å². The van der Waals surface area contributed by atoms with Crippen molar-refractivity contribution in [1.29, 1.82) is 0 Å². The molecule has 2 aromatic carbocycles. The molecule has 0 aromatic heterocycles. The van der Waals surface area contributed by atoms with E-state index in [1.165, 1.54) is 0 Å². The second kappa shape index (κ2) is 9.09. The Bertz CT molecular complexity index is 715. The molecule has 25 heavy (non-hydrogen) atoms. The normalized spacial score (nSPS) is 12.1. The summed E-state index contributed by atoms with van der Waals surface area (Å²) in [6, 6.07) is 13.0. The molecule has 0 fully saturated rings. The molecule has 134 valence electrons. The van der Waals surface area contributed by atoms with Gasteiger partial charge in [-0.3, -0.25) is 4.79 Å². The van der Waals surface area contributed by atoms with Crippen molar-refractivity contribution in [3.8, 4) is 5.75 Å². The first-order valence-corrected chi connectivity index (χ1v) is 8.68. The summed E-state index contributed by atoms with van der Waals surface area (Å²) in [4.78, 5) is 14.4. The number of nitrogens with zero attached hydrogens (tertiary/aromatic N) is 1. The fraction of sp³-hybridized carbons (Fsp3) is 0.316. The third-order valence-corrected chi connectivity index (χ3v) is 4.72. The van der Waals surface area contributed by atoms with Gasteiger partial charge < -0.3 is 15.0 Å². The van der Waals surface area contributed by atoms with E-state index in [9.17, 15) is 4.79 Å². The minimum atomic E-state index is -0.128. The lowest BCUT2D eigenvalue weighted by molar-refractivity contribution is -0.120. The van der Waals surface area contributed by atoms with Gasteiger partial charge in [0.05, 0.1) is 19.6 Å². The van der Waals surface area contributed by atoms with Crippen LogP contribution in [0, 0.1) is 0 Å². The number of halogens is 2. The van der Waals surface area contributed by atoms with Crippen molar-refractivity contribution in [2.75, 3.05) is 27.7 Å². The van der Waals surface area contributed by atoms with Crippen LogP contribution in [0.25, 0.3) is 0 Å². The number of benzene rings is 2. The van der Waals surface area contributed by atoms with E-state index >= 15 is 0 Å². The lowest BCUT2D eigenvalue weighted by atomic mass is 10.0. The Balaban J connectivity index is 2.07. The number of hydrogen-bond donors (Lipinski definition) is 1. The van der Waals surface area contributed by atoms with Crippen LogP contribution in [-0.2, 0) is 11.2 Å². The lowest BCUT2D eigenvalue weighted by Crippen LogP contribution is -2.35. The topological polar surface area (TPSA) is 41.6 Å². The summed E-state index contributed by atoms with van der Waals surface area (Å²) in [5.74, 6) is 0.668. The molecular formula is C19H22Cl2N2O2. The first-order valence-electron chi connectivity index (χ1n) is 7.93. The molecule has 1 amide bonds. The van der Waals surface area contributed by atoms with E-state index in [1.807, 2.05) is 43.3 Å². The largest absolute Gasteiger partial charge is 0.496 e. The molecule has 0 aliphatic rings. The Morgan fingerprint density at radius 3 is 2.36 bits per heavy atom. The fourth-order valence-electron chi connectivity index (χ4n) is 2.65. The van der Waals surface area contributed by atoms with Gasteiger partial charge in [-0.05, 0) is 37.9 Å². The molecule has 2 rings (SSSR count). The molecule has 0 saturated carbocycles. The number of carbonyl (C=O) groups excluding carboxylic acids is 1. The Kier molecular flexibility index (Phi) is 7.12. The van der Waals surface area contributed by atoms with Crippen molar-refractivity contribution in [3.63, 3.8) is 0 Å². The van der Waals surface area contributed by atoms with Crippen molar-refractivity contribution in [2.24, 2.45) is 0 Å². The van der Waals surface area contributed by atoms with E-state index in [0.717, 1.165) is 11.3 Å². The number of hydrogen-bond acceptors (Lipinski definition) is 3. The summed E-state index contributed by atoms with van der Waals surface area (Å²) in [5, 5.41) is 3.96. The second-order valence-corrected chi connectivity index (χ2v) is 6.72. The smallest absolute Gasteiger partial charge is 0.224 e. The van der Waals surface area contributed by atoms with Gasteiger partial charge in [-0.2, -0.15) is 0 Å². The first-order chi connectivity index (χ1) is 11.9. The highest BCUT2D eigenvalue weighted by atomic mass is 35.5. The summed E-state index contributed by atoms with van der Waals surface area (Å²) in [7, 11) is 5.58. The summed E-state index contributed by atoms with van der Waals surface area (Å²) in [5.41, 5.74) is 1.66. The van der Waals surface area contributed by atoms with E-state index in [0.29, 0.717) is 22.2 Å². The van der Waals surface area contributed by atoms with Gasteiger partial charge in [0.25, 0.3) is 0 Å². The highest BCUT2D eigenvalue weighted by molar-refractivity contribution is 6.36. The number of likely N-dealkylation sites (N-methyl/N-ethyl adjacent to an activating group) is 1. The number of carbonyl (C=O) groups is 1. The van der Waals surface area contributed by atoms with Crippen molar-refractivity contribution in [1.82, 2.24) is 10.2 Å². The van der Waals surface area contributed by atoms with E-state index in [-0.39, 0.29) is 18.4 Å². The zero-order chi connectivity index (χ0) is 18.4. The molecule has 6 heteroatoms. The average molecular weight is 381 g/mol. The Labute approximate surface area is 158 Å². The summed E-state index contributed by atoms with van der Waals surface area (Å²) in [6.07, 6.45) is 0.143. The second-order valence-electron chi connectivity index (χ2n) is 5.90. The van der Waals surface area contributed by atoms with Crippen molar-refractivity contribution in [2.45, 2.75) is 12.5 Å². The van der Waals surface area contributed by atoms with Crippen LogP contribution in [0.1, 0.15) is 17.2 Å². The average Bonchev–Trinajstić information content (AvgIpc) is 2.58.